The minimum atomic E-state index is -1.08. The number of aromatic nitrogens is 1. The number of nitrogens with one attached hydrogen (secondary N) is 1. The lowest BCUT2D eigenvalue weighted by molar-refractivity contribution is 0.0335. The average molecular weight is 392 g/mol. The van der Waals surface area contributed by atoms with Gasteiger partial charge in [0.15, 0.2) is 17.1 Å². The predicted octanol–water partition coefficient (Wildman–Crippen LogP) is 2.63. The standard InChI is InChI=1S/C19H22ClN3O4/c20-13-4-2-12(3-5-13)16-15(18(25)26)17(22-27-16)23-9-7-19(11-24)6-1-8-21-14(19)10-23/h2-5,14,21,24H,1,6-11H2,(H,25,26)/t14-,19-/m1/s1. The normalized spacial score (nSPS) is 25.3. The number of halogens is 1. The highest BCUT2D eigenvalue weighted by atomic mass is 35.5. The van der Waals surface area contributed by atoms with Gasteiger partial charge in [-0.3, -0.25) is 0 Å². The first-order valence-corrected chi connectivity index (χ1v) is 9.50. The van der Waals surface area contributed by atoms with Crippen LogP contribution in [0, 0.1) is 5.41 Å². The van der Waals surface area contributed by atoms with Crippen LogP contribution in [0.5, 0.6) is 0 Å². The van der Waals surface area contributed by atoms with Crippen molar-refractivity contribution in [2.24, 2.45) is 5.41 Å². The molecule has 1 aromatic heterocycles. The summed E-state index contributed by atoms with van der Waals surface area (Å²) in [6, 6.07) is 6.91. The molecule has 3 N–H and O–H groups in total. The van der Waals surface area contributed by atoms with Crippen LogP contribution in [-0.4, -0.2) is 53.6 Å². The summed E-state index contributed by atoms with van der Waals surface area (Å²) < 4.78 is 5.44. The molecule has 1 aromatic carbocycles. The monoisotopic (exact) mass is 391 g/mol. The first-order valence-electron chi connectivity index (χ1n) is 9.12. The van der Waals surface area contributed by atoms with Crippen LogP contribution in [0.2, 0.25) is 5.02 Å². The molecule has 2 aliphatic rings. The Kier molecular flexibility index (Phi) is 4.84. The van der Waals surface area contributed by atoms with Gasteiger partial charge in [0, 0.05) is 35.1 Å². The number of benzene rings is 1. The van der Waals surface area contributed by atoms with E-state index in [1.54, 1.807) is 24.3 Å². The van der Waals surface area contributed by atoms with Crippen molar-refractivity contribution in [2.45, 2.75) is 25.3 Å². The Morgan fingerprint density at radius 1 is 1.37 bits per heavy atom. The molecular formula is C19H22ClN3O4. The molecule has 2 saturated heterocycles. The van der Waals surface area contributed by atoms with Gasteiger partial charge in [0.1, 0.15) is 0 Å². The Balaban J connectivity index is 1.66. The predicted molar refractivity (Wildman–Crippen MR) is 101 cm³/mol. The summed E-state index contributed by atoms with van der Waals surface area (Å²) in [5, 5.41) is 27.9. The minimum Gasteiger partial charge on any atom is -0.477 e. The SMILES string of the molecule is O=C(O)c1c(N2CC[C@@]3(CO)CCCN[C@@H]3C2)noc1-c1ccc(Cl)cc1. The number of anilines is 1. The number of aliphatic hydroxyl groups is 1. The van der Waals surface area contributed by atoms with Gasteiger partial charge < -0.3 is 25.0 Å². The van der Waals surface area contributed by atoms with Gasteiger partial charge in [0.25, 0.3) is 0 Å². The van der Waals surface area contributed by atoms with E-state index < -0.39 is 5.97 Å². The third-order valence-corrected chi connectivity index (χ3v) is 6.12. The highest BCUT2D eigenvalue weighted by Gasteiger charge is 2.45. The largest absolute Gasteiger partial charge is 0.477 e. The van der Waals surface area contributed by atoms with Crippen molar-refractivity contribution < 1.29 is 19.5 Å². The maximum Gasteiger partial charge on any atom is 0.343 e. The molecule has 3 heterocycles. The molecule has 2 aromatic rings. The molecule has 2 aliphatic heterocycles. The van der Waals surface area contributed by atoms with Crippen LogP contribution >= 0.6 is 11.6 Å². The topological polar surface area (TPSA) is 98.8 Å². The Hall–Kier alpha value is -2.09. The molecule has 7 nitrogen and oxygen atoms in total. The van der Waals surface area contributed by atoms with Crippen molar-refractivity contribution in [3.05, 3.63) is 34.9 Å². The summed E-state index contributed by atoms with van der Waals surface area (Å²) in [6.07, 6.45) is 2.81. The lowest BCUT2D eigenvalue weighted by Gasteiger charge is -2.50. The molecule has 0 bridgehead atoms. The molecule has 8 heteroatoms. The van der Waals surface area contributed by atoms with Crippen LogP contribution in [-0.2, 0) is 0 Å². The molecule has 0 unspecified atom stereocenters. The number of nitrogens with zero attached hydrogens (tertiary/aromatic N) is 2. The third-order valence-electron chi connectivity index (χ3n) is 5.87. The minimum absolute atomic E-state index is 0.0598. The summed E-state index contributed by atoms with van der Waals surface area (Å²) in [7, 11) is 0. The van der Waals surface area contributed by atoms with Crippen LogP contribution < -0.4 is 10.2 Å². The van der Waals surface area contributed by atoms with Crippen molar-refractivity contribution in [3.63, 3.8) is 0 Å². The zero-order valence-electron chi connectivity index (χ0n) is 14.8. The lowest BCUT2D eigenvalue weighted by atomic mass is 9.70. The van der Waals surface area contributed by atoms with E-state index in [0.29, 0.717) is 29.5 Å². The molecule has 4 rings (SSSR count). The van der Waals surface area contributed by atoms with Crippen molar-refractivity contribution in [2.75, 3.05) is 31.1 Å². The number of carboxylic acid groups (broad SMARTS) is 1. The number of aliphatic hydroxyl groups excluding tert-OH is 1. The van der Waals surface area contributed by atoms with E-state index in [0.717, 1.165) is 25.8 Å². The first kappa shape index (κ1) is 18.3. The molecule has 0 aliphatic carbocycles. The van der Waals surface area contributed by atoms with Crippen LogP contribution in [0.4, 0.5) is 5.82 Å². The molecular weight excluding hydrogens is 370 g/mol. The number of carbonyl (C=O) groups is 1. The first-order chi connectivity index (χ1) is 13.0. The number of piperidine rings is 2. The molecule has 0 saturated carbocycles. The van der Waals surface area contributed by atoms with Crippen molar-refractivity contribution in [1.82, 2.24) is 10.5 Å². The van der Waals surface area contributed by atoms with Gasteiger partial charge in [0.2, 0.25) is 0 Å². The zero-order chi connectivity index (χ0) is 19.0. The molecule has 0 amide bonds. The van der Waals surface area contributed by atoms with Gasteiger partial charge in [-0.25, -0.2) is 4.79 Å². The quantitative estimate of drug-likeness (QED) is 0.736. The fraction of sp³-hybridized carbons (Fsp3) is 0.474. The Bertz CT molecular complexity index is 838. The molecule has 27 heavy (non-hydrogen) atoms. The van der Waals surface area contributed by atoms with E-state index in [1.165, 1.54) is 0 Å². The van der Waals surface area contributed by atoms with Gasteiger partial charge in [-0.05, 0) is 50.1 Å². The second kappa shape index (κ2) is 7.14. The number of aromatic carboxylic acids is 1. The van der Waals surface area contributed by atoms with E-state index in [2.05, 4.69) is 10.5 Å². The zero-order valence-corrected chi connectivity index (χ0v) is 15.6. The highest BCUT2D eigenvalue weighted by Crippen LogP contribution is 2.41. The number of hydrogen-bond acceptors (Lipinski definition) is 6. The Morgan fingerprint density at radius 3 is 2.85 bits per heavy atom. The number of rotatable bonds is 4. The van der Waals surface area contributed by atoms with Crippen LogP contribution in [0.1, 0.15) is 29.6 Å². The number of carboxylic acids is 1. The van der Waals surface area contributed by atoms with Gasteiger partial charge in [-0.2, -0.15) is 0 Å². The summed E-state index contributed by atoms with van der Waals surface area (Å²) in [5.74, 6) is -0.511. The summed E-state index contributed by atoms with van der Waals surface area (Å²) in [6.45, 7) is 2.26. The lowest BCUT2D eigenvalue weighted by Crippen LogP contribution is -2.61. The molecule has 0 spiro atoms. The van der Waals surface area contributed by atoms with E-state index in [-0.39, 0.29) is 29.4 Å². The molecule has 2 fully saturated rings. The fourth-order valence-electron chi connectivity index (χ4n) is 4.28. The van der Waals surface area contributed by atoms with Crippen molar-refractivity contribution >= 4 is 23.4 Å². The Morgan fingerprint density at radius 2 is 2.15 bits per heavy atom. The summed E-state index contributed by atoms with van der Waals surface area (Å²) in [5.41, 5.74) is 0.540. The van der Waals surface area contributed by atoms with E-state index in [1.807, 2.05) is 4.90 Å². The fourth-order valence-corrected chi connectivity index (χ4v) is 4.41. The maximum atomic E-state index is 12.0. The van der Waals surface area contributed by atoms with E-state index in [4.69, 9.17) is 16.1 Å². The smallest absolute Gasteiger partial charge is 0.343 e. The van der Waals surface area contributed by atoms with Gasteiger partial charge >= 0.3 is 5.97 Å². The van der Waals surface area contributed by atoms with Crippen LogP contribution in [0.15, 0.2) is 28.8 Å². The van der Waals surface area contributed by atoms with Crippen LogP contribution in [0.25, 0.3) is 11.3 Å². The van der Waals surface area contributed by atoms with Crippen molar-refractivity contribution in [3.8, 4) is 11.3 Å². The molecule has 0 radical (unpaired) electrons. The average Bonchev–Trinajstić information content (AvgIpc) is 3.13. The number of hydrogen-bond donors (Lipinski definition) is 3. The van der Waals surface area contributed by atoms with E-state index >= 15 is 0 Å². The summed E-state index contributed by atoms with van der Waals surface area (Å²) >= 11 is 5.92. The second-order valence-electron chi connectivity index (χ2n) is 7.35. The van der Waals surface area contributed by atoms with Gasteiger partial charge in [-0.15, -0.1) is 0 Å². The highest BCUT2D eigenvalue weighted by molar-refractivity contribution is 6.30. The third kappa shape index (κ3) is 3.20. The van der Waals surface area contributed by atoms with Crippen molar-refractivity contribution in [1.29, 1.82) is 0 Å². The second-order valence-corrected chi connectivity index (χ2v) is 7.79. The van der Waals surface area contributed by atoms with Gasteiger partial charge in [-0.1, -0.05) is 16.8 Å². The van der Waals surface area contributed by atoms with E-state index in [9.17, 15) is 15.0 Å². The van der Waals surface area contributed by atoms with Crippen LogP contribution in [0.3, 0.4) is 0 Å². The summed E-state index contributed by atoms with van der Waals surface area (Å²) in [4.78, 5) is 13.9. The van der Waals surface area contributed by atoms with Gasteiger partial charge in [0.05, 0.1) is 6.61 Å². The maximum absolute atomic E-state index is 12.0. The molecule has 144 valence electrons. The number of fused-ring (bicyclic) bond motifs is 1. The molecule has 2 atom stereocenters. The Labute approximate surface area is 161 Å².